The molecule has 1 fully saturated rings. The van der Waals surface area contributed by atoms with E-state index in [4.69, 9.17) is 15.4 Å². The van der Waals surface area contributed by atoms with Crippen LogP contribution in [0.15, 0.2) is 47.1 Å². The van der Waals surface area contributed by atoms with Gasteiger partial charge in [-0.05, 0) is 24.3 Å². The molecule has 2 aromatic rings. The molecule has 0 radical (unpaired) electrons. The van der Waals surface area contributed by atoms with Crippen LogP contribution >= 0.6 is 26.6 Å². The minimum Gasteiger partial charge on any atom is -0.439 e. The van der Waals surface area contributed by atoms with Gasteiger partial charge in [0.2, 0.25) is 20.8 Å². The maximum atomic E-state index is 12.1. The van der Waals surface area contributed by atoms with Crippen LogP contribution in [0.2, 0.25) is 0 Å². The van der Waals surface area contributed by atoms with E-state index in [1.807, 2.05) is 24.3 Å². The summed E-state index contributed by atoms with van der Waals surface area (Å²) >= 11 is 3.37. The van der Waals surface area contributed by atoms with Crippen molar-refractivity contribution in [3.8, 4) is 11.6 Å². The second-order valence-electron chi connectivity index (χ2n) is 5.69. The zero-order valence-electron chi connectivity index (χ0n) is 12.9. The number of aromatic nitrogens is 1. The number of benzene rings is 1. The molecule has 1 amide bonds. The maximum Gasteiger partial charge on any atom is 0.232 e. The van der Waals surface area contributed by atoms with E-state index in [1.54, 1.807) is 12.1 Å². The van der Waals surface area contributed by atoms with Gasteiger partial charge in [0, 0.05) is 40.1 Å². The van der Waals surface area contributed by atoms with Crippen molar-refractivity contribution in [1.82, 2.24) is 4.98 Å². The van der Waals surface area contributed by atoms with Gasteiger partial charge in [0.15, 0.2) is 0 Å². The molecule has 0 N–H and O–H groups in total. The summed E-state index contributed by atoms with van der Waals surface area (Å²) in [4.78, 5) is 17.8. The Labute approximate surface area is 158 Å². The lowest BCUT2D eigenvalue weighted by Gasteiger charge is -2.16. The highest BCUT2D eigenvalue weighted by molar-refractivity contribution is 9.10. The third-order valence-corrected chi connectivity index (χ3v) is 5.43. The first-order valence-corrected chi connectivity index (χ1v) is 10.7. The Hall–Kier alpha value is -1.64. The number of carbonyl (C=O) groups excluding carboxylic acids is 1. The molecule has 0 bridgehead atoms. The highest BCUT2D eigenvalue weighted by Gasteiger charge is 2.33. The van der Waals surface area contributed by atoms with Crippen LogP contribution in [-0.2, 0) is 13.8 Å². The molecule has 3 rings (SSSR count). The quantitative estimate of drug-likeness (QED) is 0.658. The van der Waals surface area contributed by atoms with Crippen LogP contribution in [0.4, 0.5) is 5.69 Å². The number of pyridine rings is 1. The number of rotatable bonds is 5. The van der Waals surface area contributed by atoms with Gasteiger partial charge in [-0.3, -0.25) is 4.79 Å². The van der Waals surface area contributed by atoms with Crippen LogP contribution in [-0.4, -0.2) is 31.6 Å². The lowest BCUT2D eigenvalue weighted by molar-refractivity contribution is -0.117. The number of amides is 1. The standard InChI is InChI=1S/C16H14BrClN2O4S/c17-12-2-1-3-14(7-12)24-15-5-4-13(8-19-15)20-9-11(6-16(20)21)10-25(18,22)23/h1-5,7-8,11H,6,9-10H2. The molecule has 1 unspecified atom stereocenters. The average molecular weight is 446 g/mol. The van der Waals surface area contributed by atoms with E-state index in [9.17, 15) is 13.2 Å². The summed E-state index contributed by atoms with van der Waals surface area (Å²) in [6, 6.07) is 10.7. The van der Waals surface area contributed by atoms with Gasteiger partial charge in [0.1, 0.15) is 5.75 Å². The highest BCUT2D eigenvalue weighted by Crippen LogP contribution is 2.28. The van der Waals surface area contributed by atoms with Crippen LogP contribution in [0.25, 0.3) is 0 Å². The Morgan fingerprint density at radius 3 is 2.76 bits per heavy atom. The fraction of sp³-hybridized carbons (Fsp3) is 0.250. The van der Waals surface area contributed by atoms with E-state index in [-0.39, 0.29) is 24.0 Å². The predicted octanol–water partition coefficient (Wildman–Crippen LogP) is 3.56. The Morgan fingerprint density at radius 1 is 1.32 bits per heavy atom. The minimum atomic E-state index is -3.63. The van der Waals surface area contributed by atoms with Crippen molar-refractivity contribution < 1.29 is 17.9 Å². The summed E-state index contributed by atoms with van der Waals surface area (Å²) in [6.45, 7) is 0.304. The topological polar surface area (TPSA) is 76.6 Å². The molecule has 1 saturated heterocycles. The SMILES string of the molecule is O=C1CC(CS(=O)(=O)Cl)CN1c1ccc(Oc2cccc(Br)c2)nc1. The average Bonchev–Trinajstić information content (AvgIpc) is 2.86. The molecular weight excluding hydrogens is 432 g/mol. The zero-order chi connectivity index (χ0) is 18.0. The molecule has 132 valence electrons. The summed E-state index contributed by atoms with van der Waals surface area (Å²) in [7, 11) is 1.65. The Bertz CT molecular complexity index is 889. The number of hydrogen-bond donors (Lipinski definition) is 0. The van der Waals surface area contributed by atoms with Crippen molar-refractivity contribution in [2.24, 2.45) is 5.92 Å². The molecule has 9 heteroatoms. The molecule has 6 nitrogen and oxygen atoms in total. The van der Waals surface area contributed by atoms with Gasteiger partial charge in [-0.25, -0.2) is 13.4 Å². The molecule has 0 saturated carbocycles. The molecule has 0 spiro atoms. The van der Waals surface area contributed by atoms with Gasteiger partial charge in [-0.15, -0.1) is 0 Å². The van der Waals surface area contributed by atoms with Crippen molar-refractivity contribution in [3.63, 3.8) is 0 Å². The van der Waals surface area contributed by atoms with Crippen LogP contribution in [0, 0.1) is 5.92 Å². The summed E-state index contributed by atoms with van der Waals surface area (Å²) in [5.74, 6) is 0.363. The van der Waals surface area contributed by atoms with E-state index in [0.29, 0.717) is 23.9 Å². The van der Waals surface area contributed by atoms with E-state index in [2.05, 4.69) is 20.9 Å². The van der Waals surface area contributed by atoms with Crippen LogP contribution in [0.3, 0.4) is 0 Å². The van der Waals surface area contributed by atoms with E-state index in [0.717, 1.165) is 4.47 Å². The molecule has 1 aromatic carbocycles. The van der Waals surface area contributed by atoms with Crippen molar-refractivity contribution in [2.45, 2.75) is 6.42 Å². The molecule has 1 aliphatic heterocycles. The maximum absolute atomic E-state index is 12.1. The molecule has 2 heterocycles. The number of hydrogen-bond acceptors (Lipinski definition) is 5. The lowest BCUT2D eigenvalue weighted by Crippen LogP contribution is -2.25. The Morgan fingerprint density at radius 2 is 2.12 bits per heavy atom. The predicted molar refractivity (Wildman–Crippen MR) is 98.6 cm³/mol. The normalized spacial score (nSPS) is 17.8. The van der Waals surface area contributed by atoms with Crippen LogP contribution < -0.4 is 9.64 Å². The minimum absolute atomic E-state index is 0.146. The van der Waals surface area contributed by atoms with Crippen molar-refractivity contribution in [2.75, 3.05) is 17.2 Å². The fourth-order valence-electron chi connectivity index (χ4n) is 2.67. The number of ether oxygens (including phenoxy) is 1. The van der Waals surface area contributed by atoms with E-state index in [1.165, 1.54) is 11.1 Å². The van der Waals surface area contributed by atoms with Gasteiger partial charge in [-0.2, -0.15) is 0 Å². The number of anilines is 1. The molecule has 1 aromatic heterocycles. The third-order valence-electron chi connectivity index (χ3n) is 3.69. The first-order valence-electron chi connectivity index (χ1n) is 7.42. The molecule has 1 atom stereocenters. The lowest BCUT2D eigenvalue weighted by atomic mass is 10.1. The number of halogens is 2. The molecule has 0 aliphatic carbocycles. The van der Waals surface area contributed by atoms with Crippen molar-refractivity contribution in [1.29, 1.82) is 0 Å². The van der Waals surface area contributed by atoms with E-state index >= 15 is 0 Å². The summed E-state index contributed by atoms with van der Waals surface area (Å²) in [5, 5.41) is 0. The molecular formula is C16H14BrClN2O4S. The van der Waals surface area contributed by atoms with Gasteiger partial charge >= 0.3 is 0 Å². The summed E-state index contributed by atoms with van der Waals surface area (Å²) in [6.07, 6.45) is 1.69. The van der Waals surface area contributed by atoms with Gasteiger partial charge in [0.05, 0.1) is 17.6 Å². The van der Waals surface area contributed by atoms with Crippen molar-refractivity contribution >= 4 is 47.3 Å². The first-order chi connectivity index (χ1) is 11.8. The Kier molecular flexibility index (Phi) is 5.31. The smallest absolute Gasteiger partial charge is 0.232 e. The van der Waals surface area contributed by atoms with Crippen LogP contribution in [0.1, 0.15) is 6.42 Å². The molecule has 1 aliphatic rings. The zero-order valence-corrected chi connectivity index (χ0v) is 16.1. The largest absolute Gasteiger partial charge is 0.439 e. The van der Waals surface area contributed by atoms with Gasteiger partial charge in [0.25, 0.3) is 0 Å². The molecule has 25 heavy (non-hydrogen) atoms. The van der Waals surface area contributed by atoms with Gasteiger partial charge in [-0.1, -0.05) is 22.0 Å². The highest BCUT2D eigenvalue weighted by atomic mass is 79.9. The second-order valence-corrected chi connectivity index (χ2v) is 9.43. The Balaban J connectivity index is 1.69. The summed E-state index contributed by atoms with van der Waals surface area (Å²) in [5.41, 5.74) is 0.598. The number of nitrogens with zero attached hydrogens (tertiary/aromatic N) is 2. The van der Waals surface area contributed by atoms with Crippen LogP contribution in [0.5, 0.6) is 11.6 Å². The monoisotopic (exact) mass is 444 g/mol. The van der Waals surface area contributed by atoms with Gasteiger partial charge < -0.3 is 9.64 Å². The fourth-order valence-corrected chi connectivity index (χ4v) is 4.37. The summed E-state index contributed by atoms with van der Waals surface area (Å²) < 4.78 is 28.9. The third kappa shape index (κ3) is 4.93. The van der Waals surface area contributed by atoms with E-state index < -0.39 is 9.05 Å². The van der Waals surface area contributed by atoms with Crippen molar-refractivity contribution in [3.05, 3.63) is 47.1 Å². The first kappa shape index (κ1) is 18.2. The number of carbonyl (C=O) groups is 1. The second kappa shape index (κ2) is 7.31.